The van der Waals surface area contributed by atoms with Crippen molar-refractivity contribution < 1.29 is 27.6 Å². The van der Waals surface area contributed by atoms with Gasteiger partial charge in [0.15, 0.2) is 11.6 Å². The second kappa shape index (κ2) is 9.72. The number of hydrogen-bond donors (Lipinski definition) is 1. The Morgan fingerprint density at radius 3 is 2.37 bits per heavy atom. The first-order chi connectivity index (χ1) is 18.0. The number of ketones is 2. The van der Waals surface area contributed by atoms with E-state index in [0.717, 1.165) is 35.4 Å². The van der Waals surface area contributed by atoms with Crippen molar-refractivity contribution >= 4 is 34.6 Å². The molecule has 0 radical (unpaired) electrons. The van der Waals surface area contributed by atoms with Gasteiger partial charge in [-0.3, -0.25) is 19.2 Å². The van der Waals surface area contributed by atoms with Crippen molar-refractivity contribution in [2.45, 2.75) is 32.0 Å². The van der Waals surface area contributed by atoms with Crippen LogP contribution in [0.4, 0.5) is 13.2 Å². The maximum atomic E-state index is 13.7. The van der Waals surface area contributed by atoms with Gasteiger partial charge in [-0.2, -0.15) is 13.2 Å². The second-order valence-electron chi connectivity index (χ2n) is 9.21. The van der Waals surface area contributed by atoms with E-state index in [-0.39, 0.29) is 64.9 Å². The van der Waals surface area contributed by atoms with Crippen LogP contribution < -0.4 is 10.9 Å². The summed E-state index contributed by atoms with van der Waals surface area (Å²) >= 11 is 5.97. The van der Waals surface area contributed by atoms with Crippen LogP contribution in [-0.4, -0.2) is 28.6 Å². The fourth-order valence-corrected chi connectivity index (χ4v) is 5.09. The lowest BCUT2D eigenvalue weighted by molar-refractivity contribution is -0.137. The molecule has 0 saturated heterocycles. The minimum atomic E-state index is -4.73. The molecule has 2 aliphatic rings. The number of carbonyl (C=O) groups excluding carboxylic acids is 3. The van der Waals surface area contributed by atoms with Crippen LogP contribution in [0.2, 0.25) is 5.02 Å². The molecule has 1 aliphatic heterocycles. The molecule has 0 unspecified atom stereocenters. The van der Waals surface area contributed by atoms with Gasteiger partial charge in [0.1, 0.15) is 0 Å². The molecule has 0 bridgehead atoms. The summed E-state index contributed by atoms with van der Waals surface area (Å²) < 4.78 is 42.4. The average molecular weight is 541 g/mol. The molecule has 38 heavy (non-hydrogen) atoms. The maximum absolute atomic E-state index is 13.7. The van der Waals surface area contributed by atoms with Gasteiger partial charge in [-0.15, -0.1) is 0 Å². The lowest BCUT2D eigenvalue weighted by atomic mass is 9.94. The predicted octanol–water partition coefficient (Wildman–Crippen LogP) is 4.64. The van der Waals surface area contributed by atoms with Gasteiger partial charge in [0, 0.05) is 53.4 Å². The molecule has 0 saturated carbocycles. The molecule has 0 atom stereocenters. The quantitative estimate of drug-likeness (QED) is 0.493. The standard InChI is InChI=1S/C28H20ClF3N2O4/c29-18-5-6-22(28(30,31)32)20(11-18)21-12-26(38)34(23-7-8-24(36)27(21)23)14-19(35)9-15-1-3-16(4-2-15)17-10-25(37)33-13-17/h1-6,10-12H,7-9,13-14H2,(H,33,37). The molecule has 5 rings (SSSR count). The Kier molecular flexibility index (Phi) is 6.56. The van der Waals surface area contributed by atoms with Crippen LogP contribution in [0, 0.1) is 0 Å². The Morgan fingerprint density at radius 2 is 1.71 bits per heavy atom. The molecule has 1 aromatic heterocycles. The summed E-state index contributed by atoms with van der Waals surface area (Å²) in [5, 5.41) is 2.73. The summed E-state index contributed by atoms with van der Waals surface area (Å²) in [6.45, 7) is 0.112. The number of nitrogens with one attached hydrogen (secondary N) is 1. The van der Waals surface area contributed by atoms with Crippen molar-refractivity contribution in [3.63, 3.8) is 0 Å². The first-order valence-corrected chi connectivity index (χ1v) is 12.2. The van der Waals surface area contributed by atoms with E-state index in [4.69, 9.17) is 11.6 Å². The molecule has 3 aromatic rings. The lowest BCUT2D eigenvalue weighted by Crippen LogP contribution is -2.28. The number of alkyl halides is 3. The van der Waals surface area contributed by atoms with Crippen LogP contribution in [0.1, 0.15) is 39.2 Å². The zero-order valence-corrected chi connectivity index (χ0v) is 20.6. The summed E-state index contributed by atoms with van der Waals surface area (Å²) in [7, 11) is 0. The largest absolute Gasteiger partial charge is 0.417 e. The fraction of sp³-hybridized carbons (Fsp3) is 0.214. The van der Waals surface area contributed by atoms with Crippen molar-refractivity contribution in [2.75, 3.05) is 6.54 Å². The Labute approximate surface area is 219 Å². The number of rotatable bonds is 6. The molecular weight excluding hydrogens is 521 g/mol. The van der Waals surface area contributed by atoms with Crippen molar-refractivity contribution in [1.29, 1.82) is 0 Å². The van der Waals surface area contributed by atoms with Crippen molar-refractivity contribution in [3.8, 4) is 11.1 Å². The number of pyridine rings is 1. The van der Waals surface area contributed by atoms with Gasteiger partial charge in [0.05, 0.1) is 12.1 Å². The molecule has 1 aliphatic carbocycles. The normalized spacial score (nSPS) is 14.9. The number of fused-ring (bicyclic) bond motifs is 1. The molecule has 2 aromatic carbocycles. The summed E-state index contributed by atoms with van der Waals surface area (Å²) in [5.41, 5.74) is 0.502. The third-order valence-corrected chi connectivity index (χ3v) is 6.92. The van der Waals surface area contributed by atoms with Gasteiger partial charge in [0.25, 0.3) is 5.56 Å². The van der Waals surface area contributed by atoms with Crippen LogP contribution >= 0.6 is 11.6 Å². The van der Waals surface area contributed by atoms with Crippen molar-refractivity contribution in [3.05, 3.63) is 97.9 Å². The van der Waals surface area contributed by atoms with E-state index in [1.54, 1.807) is 24.3 Å². The topological polar surface area (TPSA) is 85.2 Å². The molecule has 0 spiro atoms. The molecule has 1 amide bonds. The number of amides is 1. The highest BCUT2D eigenvalue weighted by Gasteiger charge is 2.36. The van der Waals surface area contributed by atoms with Crippen LogP contribution in [-0.2, 0) is 35.2 Å². The van der Waals surface area contributed by atoms with E-state index in [2.05, 4.69) is 5.32 Å². The maximum Gasteiger partial charge on any atom is 0.417 e. The molecular formula is C28H20ClF3N2O4. The smallest absolute Gasteiger partial charge is 0.348 e. The minimum Gasteiger partial charge on any atom is -0.348 e. The van der Waals surface area contributed by atoms with Gasteiger partial charge >= 0.3 is 6.18 Å². The number of aromatic nitrogens is 1. The van der Waals surface area contributed by atoms with Gasteiger partial charge in [0.2, 0.25) is 5.91 Å². The van der Waals surface area contributed by atoms with E-state index in [0.29, 0.717) is 12.1 Å². The van der Waals surface area contributed by atoms with Gasteiger partial charge < -0.3 is 9.88 Å². The van der Waals surface area contributed by atoms with Crippen molar-refractivity contribution in [1.82, 2.24) is 9.88 Å². The minimum absolute atomic E-state index is 0.0138. The molecule has 2 heterocycles. The SMILES string of the molecule is O=C(Cc1ccc(C2=CC(=O)NC2)cc1)Cn1c2c(c(-c3cc(Cl)ccc3C(F)(F)F)cc1=O)C(=O)CC2. The zero-order chi connectivity index (χ0) is 27.2. The number of Topliss-reactive ketones (excluding diaryl/α,β-unsaturated/α-hetero) is 2. The second-order valence-corrected chi connectivity index (χ2v) is 9.65. The highest BCUT2D eigenvalue weighted by molar-refractivity contribution is 6.31. The Bertz CT molecular complexity index is 1590. The number of nitrogens with zero attached hydrogens (tertiary/aromatic N) is 1. The van der Waals surface area contributed by atoms with E-state index < -0.39 is 23.1 Å². The van der Waals surface area contributed by atoms with Crippen LogP contribution in [0.3, 0.4) is 0 Å². The highest BCUT2D eigenvalue weighted by atomic mass is 35.5. The van der Waals surface area contributed by atoms with Crippen molar-refractivity contribution in [2.24, 2.45) is 0 Å². The number of hydrogen-bond acceptors (Lipinski definition) is 4. The van der Waals surface area contributed by atoms with Crippen LogP contribution in [0.15, 0.2) is 59.4 Å². The van der Waals surface area contributed by atoms with E-state index in [1.165, 1.54) is 10.6 Å². The zero-order valence-electron chi connectivity index (χ0n) is 19.8. The van der Waals surface area contributed by atoms with E-state index >= 15 is 0 Å². The summed E-state index contributed by atoms with van der Waals surface area (Å²) in [6.07, 6.45) is -3.03. The van der Waals surface area contributed by atoms with Gasteiger partial charge in [-0.05, 0) is 46.9 Å². The molecule has 1 N–H and O–H groups in total. The van der Waals surface area contributed by atoms with Crippen LogP contribution in [0.5, 0.6) is 0 Å². The molecule has 10 heteroatoms. The summed E-state index contributed by atoms with van der Waals surface area (Å²) in [5.74, 6) is -0.856. The molecule has 6 nitrogen and oxygen atoms in total. The Balaban J connectivity index is 1.45. The average Bonchev–Trinajstić information content (AvgIpc) is 3.46. The summed E-state index contributed by atoms with van der Waals surface area (Å²) in [6, 6.07) is 11.1. The predicted molar refractivity (Wildman–Crippen MR) is 135 cm³/mol. The molecule has 0 fully saturated rings. The summed E-state index contributed by atoms with van der Waals surface area (Å²) in [4.78, 5) is 50.1. The van der Waals surface area contributed by atoms with Crippen LogP contribution in [0.25, 0.3) is 16.7 Å². The first kappa shape index (κ1) is 25.7. The fourth-order valence-electron chi connectivity index (χ4n) is 4.92. The third-order valence-electron chi connectivity index (χ3n) is 6.68. The third kappa shape index (κ3) is 4.93. The Hall–Kier alpha value is -3.98. The van der Waals surface area contributed by atoms with Gasteiger partial charge in [-0.1, -0.05) is 35.9 Å². The van der Waals surface area contributed by atoms with E-state index in [1.807, 2.05) is 0 Å². The van der Waals surface area contributed by atoms with Gasteiger partial charge in [-0.25, -0.2) is 0 Å². The molecule has 194 valence electrons. The number of halogens is 4. The monoisotopic (exact) mass is 540 g/mol. The number of carbonyl (C=O) groups is 3. The Morgan fingerprint density at radius 1 is 0.974 bits per heavy atom. The van der Waals surface area contributed by atoms with E-state index in [9.17, 15) is 32.3 Å². The number of benzene rings is 2. The highest BCUT2D eigenvalue weighted by Crippen LogP contribution is 2.41. The first-order valence-electron chi connectivity index (χ1n) is 11.8. The lowest BCUT2D eigenvalue weighted by Gasteiger charge is -2.18.